The summed E-state index contributed by atoms with van der Waals surface area (Å²) in [6, 6.07) is 17.5. The fourth-order valence-corrected chi connectivity index (χ4v) is 2.94. The summed E-state index contributed by atoms with van der Waals surface area (Å²) in [4.78, 5) is 36.7. The van der Waals surface area contributed by atoms with Crippen molar-refractivity contribution < 1.29 is 9.59 Å². The summed E-state index contributed by atoms with van der Waals surface area (Å²) in [6.45, 7) is 5.74. The molecular formula is C23H25N5O3. The van der Waals surface area contributed by atoms with E-state index >= 15 is 0 Å². The Kier molecular flexibility index (Phi) is 6.81. The third kappa shape index (κ3) is 5.79. The molecule has 0 aliphatic rings. The van der Waals surface area contributed by atoms with Gasteiger partial charge in [-0.25, -0.2) is 9.48 Å². The monoisotopic (exact) mass is 419 g/mol. The van der Waals surface area contributed by atoms with Crippen molar-refractivity contribution in [3.05, 3.63) is 87.8 Å². The van der Waals surface area contributed by atoms with Crippen LogP contribution in [-0.4, -0.2) is 27.8 Å². The first kappa shape index (κ1) is 21.8. The second kappa shape index (κ2) is 9.71. The van der Waals surface area contributed by atoms with Crippen LogP contribution < -0.4 is 21.4 Å². The fourth-order valence-electron chi connectivity index (χ4n) is 2.94. The van der Waals surface area contributed by atoms with Gasteiger partial charge in [-0.1, -0.05) is 30.3 Å². The molecule has 0 unspecified atom stereocenters. The Morgan fingerprint density at radius 2 is 1.71 bits per heavy atom. The predicted molar refractivity (Wildman–Crippen MR) is 119 cm³/mol. The van der Waals surface area contributed by atoms with Crippen molar-refractivity contribution in [2.24, 2.45) is 0 Å². The van der Waals surface area contributed by atoms with E-state index in [1.54, 1.807) is 35.9 Å². The first-order valence-corrected chi connectivity index (χ1v) is 9.94. The number of amides is 3. The number of carbonyl (C=O) groups is 2. The minimum Gasteiger partial charge on any atom is -0.346 e. The number of hydrogen-bond acceptors (Lipinski definition) is 4. The summed E-state index contributed by atoms with van der Waals surface area (Å²) in [7, 11) is 0. The van der Waals surface area contributed by atoms with Gasteiger partial charge in [0.2, 0.25) is 5.43 Å². The Bertz CT molecular complexity index is 1120. The molecule has 0 aliphatic heterocycles. The summed E-state index contributed by atoms with van der Waals surface area (Å²) in [5, 5.41) is 12.5. The molecule has 3 aromatic rings. The highest BCUT2D eigenvalue weighted by atomic mass is 16.2. The van der Waals surface area contributed by atoms with Crippen LogP contribution in [-0.2, 0) is 6.54 Å². The quantitative estimate of drug-likeness (QED) is 0.571. The molecule has 2 aromatic carbocycles. The van der Waals surface area contributed by atoms with E-state index in [4.69, 9.17) is 0 Å². The topological polar surface area (TPSA) is 105 Å². The van der Waals surface area contributed by atoms with Gasteiger partial charge in [-0.2, -0.15) is 5.10 Å². The maximum Gasteiger partial charge on any atom is 0.319 e. The van der Waals surface area contributed by atoms with Crippen LogP contribution >= 0.6 is 0 Å². The van der Waals surface area contributed by atoms with Gasteiger partial charge >= 0.3 is 6.03 Å². The molecule has 0 radical (unpaired) electrons. The molecule has 0 aliphatic carbocycles. The van der Waals surface area contributed by atoms with Gasteiger partial charge in [-0.05, 0) is 50.6 Å². The number of nitrogens with one attached hydrogen (secondary N) is 3. The van der Waals surface area contributed by atoms with E-state index in [1.807, 2.05) is 44.2 Å². The molecular weight excluding hydrogens is 394 g/mol. The summed E-state index contributed by atoms with van der Waals surface area (Å²) in [5.74, 6) is -0.548. The Hall–Kier alpha value is -3.94. The third-order valence-electron chi connectivity index (χ3n) is 4.41. The number of nitrogens with zero attached hydrogens (tertiary/aromatic N) is 2. The lowest BCUT2D eigenvalue weighted by Crippen LogP contribution is -2.34. The summed E-state index contributed by atoms with van der Waals surface area (Å²) < 4.78 is 1.57. The van der Waals surface area contributed by atoms with Crippen LogP contribution in [0.15, 0.2) is 65.5 Å². The molecule has 8 heteroatoms. The van der Waals surface area contributed by atoms with Gasteiger partial charge < -0.3 is 16.0 Å². The molecule has 31 heavy (non-hydrogen) atoms. The molecule has 0 atom stereocenters. The molecule has 3 rings (SSSR count). The fraction of sp³-hybridized carbons (Fsp3) is 0.217. The van der Waals surface area contributed by atoms with Crippen LogP contribution in [0, 0.1) is 6.92 Å². The van der Waals surface area contributed by atoms with Gasteiger partial charge in [-0.3, -0.25) is 9.59 Å². The maximum absolute atomic E-state index is 12.6. The van der Waals surface area contributed by atoms with Crippen molar-refractivity contribution in [1.29, 1.82) is 0 Å². The Balaban J connectivity index is 1.67. The van der Waals surface area contributed by atoms with Crippen LogP contribution in [0.1, 0.15) is 35.6 Å². The van der Waals surface area contributed by atoms with E-state index in [-0.39, 0.29) is 24.3 Å². The van der Waals surface area contributed by atoms with Crippen LogP contribution in [0.3, 0.4) is 0 Å². The van der Waals surface area contributed by atoms with Gasteiger partial charge in [0.25, 0.3) is 5.91 Å². The normalized spacial score (nSPS) is 10.6. The molecule has 3 amide bonds. The first-order valence-electron chi connectivity index (χ1n) is 9.94. The highest BCUT2D eigenvalue weighted by Gasteiger charge is 2.15. The van der Waals surface area contributed by atoms with E-state index in [2.05, 4.69) is 21.0 Å². The van der Waals surface area contributed by atoms with Crippen LogP contribution in [0.25, 0.3) is 5.69 Å². The number of aromatic nitrogens is 2. The number of benzene rings is 2. The summed E-state index contributed by atoms with van der Waals surface area (Å²) in [6.07, 6.45) is 0. The number of para-hydroxylation sites is 1. The summed E-state index contributed by atoms with van der Waals surface area (Å²) in [5.41, 5.74) is 2.25. The largest absolute Gasteiger partial charge is 0.346 e. The van der Waals surface area contributed by atoms with E-state index in [1.165, 1.54) is 6.07 Å². The van der Waals surface area contributed by atoms with Crippen molar-refractivity contribution >= 4 is 17.6 Å². The van der Waals surface area contributed by atoms with Crippen molar-refractivity contribution in [1.82, 2.24) is 20.4 Å². The van der Waals surface area contributed by atoms with E-state index in [0.717, 1.165) is 11.3 Å². The number of hydrogen-bond donors (Lipinski definition) is 3. The zero-order chi connectivity index (χ0) is 22.4. The molecule has 3 N–H and O–H groups in total. The molecule has 1 heterocycles. The van der Waals surface area contributed by atoms with Gasteiger partial charge in [0.15, 0.2) is 5.69 Å². The average Bonchev–Trinajstić information content (AvgIpc) is 2.73. The maximum atomic E-state index is 12.6. The smallest absolute Gasteiger partial charge is 0.319 e. The lowest BCUT2D eigenvalue weighted by atomic mass is 10.2. The molecule has 1 aromatic heterocycles. The van der Waals surface area contributed by atoms with Gasteiger partial charge in [-0.15, -0.1) is 0 Å². The highest BCUT2D eigenvalue weighted by molar-refractivity contribution is 5.92. The summed E-state index contributed by atoms with van der Waals surface area (Å²) >= 11 is 0. The highest BCUT2D eigenvalue weighted by Crippen LogP contribution is 2.10. The molecule has 0 spiro atoms. The Labute approximate surface area is 180 Å². The predicted octanol–water partition coefficient (Wildman–Crippen LogP) is 3.00. The number of aryl methyl sites for hydroxylation is 1. The molecule has 160 valence electrons. The Morgan fingerprint density at radius 1 is 1.03 bits per heavy atom. The van der Waals surface area contributed by atoms with E-state index < -0.39 is 11.3 Å². The molecule has 0 saturated carbocycles. The number of anilines is 1. The minimum absolute atomic E-state index is 0.0383. The average molecular weight is 419 g/mol. The second-order valence-electron chi connectivity index (χ2n) is 7.38. The minimum atomic E-state index is -0.548. The lowest BCUT2D eigenvalue weighted by Gasteiger charge is -2.12. The first-order chi connectivity index (χ1) is 14.8. The standard InChI is InChI=1S/C23H25N5O3/c1-15(2)25-23(31)26-18-11-9-17(10-12-18)14-24-22(30)21-20(29)13-16(3)28(27-21)19-7-5-4-6-8-19/h4-13,15H,14H2,1-3H3,(H,24,30)(H2,25,26,31). The van der Waals surface area contributed by atoms with Crippen molar-refractivity contribution in [2.75, 3.05) is 5.32 Å². The molecule has 0 saturated heterocycles. The van der Waals surface area contributed by atoms with Crippen molar-refractivity contribution in [3.8, 4) is 5.69 Å². The van der Waals surface area contributed by atoms with Gasteiger partial charge in [0.05, 0.1) is 5.69 Å². The molecule has 8 nitrogen and oxygen atoms in total. The zero-order valence-electron chi connectivity index (χ0n) is 17.7. The van der Waals surface area contributed by atoms with Crippen LogP contribution in [0.4, 0.5) is 10.5 Å². The number of carbonyl (C=O) groups excluding carboxylic acids is 2. The number of rotatable bonds is 6. The number of urea groups is 1. The van der Waals surface area contributed by atoms with Gasteiger partial charge in [0.1, 0.15) is 0 Å². The van der Waals surface area contributed by atoms with Crippen LogP contribution in [0.2, 0.25) is 0 Å². The van der Waals surface area contributed by atoms with Gasteiger partial charge in [0, 0.05) is 30.0 Å². The van der Waals surface area contributed by atoms with E-state index in [9.17, 15) is 14.4 Å². The third-order valence-corrected chi connectivity index (χ3v) is 4.41. The lowest BCUT2D eigenvalue weighted by molar-refractivity contribution is 0.0943. The second-order valence-corrected chi connectivity index (χ2v) is 7.38. The van der Waals surface area contributed by atoms with Crippen molar-refractivity contribution in [3.63, 3.8) is 0 Å². The van der Waals surface area contributed by atoms with Crippen LogP contribution in [0.5, 0.6) is 0 Å². The SMILES string of the molecule is Cc1cc(=O)c(C(=O)NCc2ccc(NC(=O)NC(C)C)cc2)nn1-c1ccccc1. The molecule has 0 fully saturated rings. The molecule has 0 bridgehead atoms. The van der Waals surface area contributed by atoms with Crippen molar-refractivity contribution in [2.45, 2.75) is 33.4 Å². The van der Waals surface area contributed by atoms with E-state index in [0.29, 0.717) is 11.4 Å². The Morgan fingerprint density at radius 3 is 2.35 bits per heavy atom. The zero-order valence-corrected chi connectivity index (χ0v) is 17.7.